The molecule has 0 aliphatic rings. The summed E-state index contributed by atoms with van der Waals surface area (Å²) in [6.07, 6.45) is 1.68. The average molecular weight is 311 g/mol. The van der Waals surface area contributed by atoms with Gasteiger partial charge in [0.15, 0.2) is 0 Å². The zero-order valence-electron chi connectivity index (χ0n) is 8.63. The van der Waals surface area contributed by atoms with Crippen LogP contribution >= 0.6 is 27.7 Å². The maximum Gasteiger partial charge on any atom is 0.237 e. The van der Waals surface area contributed by atoms with E-state index in [0.717, 1.165) is 4.47 Å². The summed E-state index contributed by atoms with van der Waals surface area (Å²) in [6, 6.07) is 5.71. The molecule has 0 fully saturated rings. The zero-order chi connectivity index (χ0) is 12.1. The van der Waals surface area contributed by atoms with Crippen LogP contribution in [0.3, 0.4) is 0 Å². The van der Waals surface area contributed by atoms with Crippen LogP contribution in [-0.2, 0) is 5.75 Å². The molecule has 0 aliphatic carbocycles. The van der Waals surface area contributed by atoms with E-state index in [1.165, 1.54) is 11.8 Å². The Morgan fingerprint density at radius 3 is 3.06 bits per heavy atom. The highest BCUT2D eigenvalue weighted by atomic mass is 79.9. The molecule has 2 heterocycles. The van der Waals surface area contributed by atoms with Gasteiger partial charge in [-0.2, -0.15) is 10.2 Å². The first-order chi connectivity index (χ1) is 8.29. The number of rotatable bonds is 4. The standard InChI is InChI=1S/C10H7BrN4OS/c11-7-1-2-8(13-5-7)10-14-9(16-15-10)6-17-4-3-12/h1-2,5H,4,6H2. The largest absolute Gasteiger partial charge is 0.338 e. The van der Waals surface area contributed by atoms with Gasteiger partial charge in [-0.05, 0) is 28.1 Å². The lowest BCUT2D eigenvalue weighted by atomic mass is 10.3. The minimum atomic E-state index is 0.411. The summed E-state index contributed by atoms with van der Waals surface area (Å²) in [5.41, 5.74) is 0.661. The molecule has 2 aromatic rings. The van der Waals surface area contributed by atoms with Gasteiger partial charge in [0.2, 0.25) is 11.7 Å². The van der Waals surface area contributed by atoms with Crippen molar-refractivity contribution in [2.75, 3.05) is 5.75 Å². The van der Waals surface area contributed by atoms with Gasteiger partial charge in [-0.25, -0.2) is 0 Å². The Labute approximate surface area is 110 Å². The summed E-state index contributed by atoms with van der Waals surface area (Å²) in [4.78, 5) is 8.36. The van der Waals surface area contributed by atoms with E-state index in [-0.39, 0.29) is 0 Å². The van der Waals surface area contributed by atoms with Gasteiger partial charge in [0.05, 0.1) is 17.6 Å². The molecule has 0 N–H and O–H groups in total. The van der Waals surface area contributed by atoms with Crippen LogP contribution in [0.15, 0.2) is 27.3 Å². The number of halogens is 1. The zero-order valence-corrected chi connectivity index (χ0v) is 11.0. The number of hydrogen-bond acceptors (Lipinski definition) is 6. The van der Waals surface area contributed by atoms with E-state index in [1.807, 2.05) is 12.1 Å². The van der Waals surface area contributed by atoms with Crippen LogP contribution in [0.4, 0.5) is 0 Å². The molecule has 0 spiro atoms. The maximum atomic E-state index is 8.40. The summed E-state index contributed by atoms with van der Waals surface area (Å²) >= 11 is 4.74. The molecule has 0 saturated heterocycles. The monoisotopic (exact) mass is 310 g/mol. The van der Waals surface area contributed by atoms with Crippen molar-refractivity contribution < 1.29 is 4.52 Å². The minimum absolute atomic E-state index is 0.411. The summed E-state index contributed by atoms with van der Waals surface area (Å²) in [7, 11) is 0. The lowest BCUT2D eigenvalue weighted by Gasteiger charge is -1.92. The number of hydrogen-bond donors (Lipinski definition) is 0. The molecule has 5 nitrogen and oxygen atoms in total. The van der Waals surface area contributed by atoms with Crippen LogP contribution < -0.4 is 0 Å². The summed E-state index contributed by atoms with van der Waals surface area (Å²) in [5, 5.41) is 12.2. The van der Waals surface area contributed by atoms with Crippen LogP contribution in [0.25, 0.3) is 11.5 Å². The van der Waals surface area contributed by atoms with E-state index in [2.05, 4.69) is 31.1 Å². The lowest BCUT2D eigenvalue weighted by molar-refractivity contribution is 0.391. The van der Waals surface area contributed by atoms with Crippen LogP contribution in [0, 0.1) is 11.3 Å². The third kappa shape index (κ3) is 3.28. The second-order valence-electron chi connectivity index (χ2n) is 3.02. The number of thioether (sulfide) groups is 1. The van der Waals surface area contributed by atoms with E-state index in [9.17, 15) is 0 Å². The third-order valence-electron chi connectivity index (χ3n) is 1.82. The van der Waals surface area contributed by atoms with E-state index in [0.29, 0.717) is 28.9 Å². The van der Waals surface area contributed by atoms with E-state index in [4.69, 9.17) is 9.78 Å². The van der Waals surface area contributed by atoms with Crippen molar-refractivity contribution in [3.8, 4) is 17.6 Å². The number of aromatic nitrogens is 3. The first-order valence-corrected chi connectivity index (χ1v) is 6.63. The van der Waals surface area contributed by atoms with Gasteiger partial charge in [0.1, 0.15) is 5.69 Å². The second kappa shape index (κ2) is 5.80. The van der Waals surface area contributed by atoms with Crippen molar-refractivity contribution in [3.63, 3.8) is 0 Å². The van der Waals surface area contributed by atoms with Gasteiger partial charge in [-0.1, -0.05) is 5.16 Å². The highest BCUT2D eigenvalue weighted by Crippen LogP contribution is 2.17. The molecule has 0 amide bonds. The number of nitrogens with zero attached hydrogens (tertiary/aromatic N) is 4. The molecule has 2 rings (SSSR count). The summed E-state index contributed by atoms with van der Waals surface area (Å²) in [6.45, 7) is 0. The molecule has 17 heavy (non-hydrogen) atoms. The van der Waals surface area contributed by atoms with Crippen molar-refractivity contribution in [1.29, 1.82) is 5.26 Å². The van der Waals surface area contributed by atoms with Crippen molar-refractivity contribution >= 4 is 27.7 Å². The molecule has 0 bridgehead atoms. The molecule has 0 radical (unpaired) electrons. The first-order valence-electron chi connectivity index (χ1n) is 4.69. The molecule has 0 atom stereocenters. The Balaban J connectivity index is 2.08. The first kappa shape index (κ1) is 12.1. The van der Waals surface area contributed by atoms with Gasteiger partial charge in [-0.3, -0.25) is 4.98 Å². The Hall–Kier alpha value is -1.39. The fraction of sp³-hybridized carbons (Fsp3) is 0.200. The molecule has 0 unspecified atom stereocenters. The Morgan fingerprint density at radius 1 is 1.47 bits per heavy atom. The van der Waals surface area contributed by atoms with Crippen molar-refractivity contribution in [3.05, 3.63) is 28.7 Å². The normalized spacial score (nSPS) is 10.1. The van der Waals surface area contributed by atoms with Crippen LogP contribution in [0.1, 0.15) is 5.89 Å². The van der Waals surface area contributed by atoms with E-state index >= 15 is 0 Å². The van der Waals surface area contributed by atoms with E-state index in [1.54, 1.807) is 12.3 Å². The van der Waals surface area contributed by atoms with Crippen LogP contribution in [0.5, 0.6) is 0 Å². The lowest BCUT2D eigenvalue weighted by Crippen LogP contribution is -1.86. The fourth-order valence-corrected chi connectivity index (χ4v) is 1.83. The van der Waals surface area contributed by atoms with Gasteiger partial charge >= 0.3 is 0 Å². The minimum Gasteiger partial charge on any atom is -0.338 e. The Bertz CT molecular complexity index is 534. The third-order valence-corrected chi connectivity index (χ3v) is 3.07. The van der Waals surface area contributed by atoms with Crippen molar-refractivity contribution in [2.24, 2.45) is 0 Å². The average Bonchev–Trinajstić information content (AvgIpc) is 2.79. The van der Waals surface area contributed by atoms with E-state index < -0.39 is 0 Å². The SMILES string of the molecule is N#CCSCc1nc(-c2ccc(Br)cn2)no1. The quantitative estimate of drug-likeness (QED) is 0.808. The molecular weight excluding hydrogens is 304 g/mol. The van der Waals surface area contributed by atoms with Gasteiger partial charge < -0.3 is 4.52 Å². The topological polar surface area (TPSA) is 75.6 Å². The van der Waals surface area contributed by atoms with Crippen LogP contribution in [-0.4, -0.2) is 20.9 Å². The predicted octanol–water partition coefficient (Wildman–Crippen LogP) is 2.65. The highest BCUT2D eigenvalue weighted by molar-refractivity contribution is 9.10. The van der Waals surface area contributed by atoms with Gasteiger partial charge in [0.25, 0.3) is 0 Å². The smallest absolute Gasteiger partial charge is 0.237 e. The maximum absolute atomic E-state index is 8.40. The predicted molar refractivity (Wildman–Crippen MR) is 67.0 cm³/mol. The molecule has 0 aliphatic heterocycles. The second-order valence-corrected chi connectivity index (χ2v) is 4.93. The summed E-state index contributed by atoms with van der Waals surface area (Å²) in [5.74, 6) is 1.92. The number of pyridine rings is 1. The Kier molecular flexibility index (Phi) is 4.12. The van der Waals surface area contributed by atoms with Crippen molar-refractivity contribution in [1.82, 2.24) is 15.1 Å². The molecular formula is C10H7BrN4OS. The molecule has 0 aromatic carbocycles. The molecule has 0 saturated carbocycles. The number of nitriles is 1. The van der Waals surface area contributed by atoms with Crippen molar-refractivity contribution in [2.45, 2.75) is 5.75 Å². The molecule has 2 aromatic heterocycles. The Morgan fingerprint density at radius 2 is 2.35 bits per heavy atom. The molecule has 7 heteroatoms. The fourth-order valence-electron chi connectivity index (χ4n) is 1.11. The highest BCUT2D eigenvalue weighted by Gasteiger charge is 2.09. The van der Waals surface area contributed by atoms with Crippen LogP contribution in [0.2, 0.25) is 0 Å². The molecule has 86 valence electrons. The summed E-state index contributed by atoms with van der Waals surface area (Å²) < 4.78 is 5.95. The van der Waals surface area contributed by atoms with Gasteiger partial charge in [-0.15, -0.1) is 11.8 Å². The van der Waals surface area contributed by atoms with Gasteiger partial charge in [0, 0.05) is 10.7 Å².